The Labute approximate surface area is 280 Å². The summed E-state index contributed by atoms with van der Waals surface area (Å²) in [5.41, 5.74) is 0. The second kappa shape index (κ2) is 22.3. The molecule has 0 amide bonds. The first kappa shape index (κ1) is 34.6. The van der Waals surface area contributed by atoms with Gasteiger partial charge in [0, 0.05) is 0 Å². The monoisotopic (exact) mass is 488 g/mol. The molecule has 0 fully saturated rings. The Kier molecular flexibility index (Phi) is 32.2. The van der Waals surface area contributed by atoms with Crippen LogP contribution in [0.1, 0.15) is 0 Å². The van der Waals surface area contributed by atoms with E-state index in [-0.39, 0.29) is 173 Å². The van der Waals surface area contributed by atoms with Crippen LogP contribution in [0.25, 0.3) is 0 Å². The molecule has 0 aromatic heterocycles. The van der Waals surface area contributed by atoms with E-state index in [1.807, 2.05) is 0 Å². The van der Waals surface area contributed by atoms with Gasteiger partial charge in [0.1, 0.15) is 0 Å². The van der Waals surface area contributed by atoms with Gasteiger partial charge in [-0.05, 0) is 0 Å². The first-order valence-corrected chi connectivity index (χ1v) is 6.55. The molecule has 0 aliphatic heterocycles. The van der Waals surface area contributed by atoms with Crippen LogP contribution in [0.5, 0.6) is 11.5 Å². The third kappa shape index (κ3) is 17.2. The summed E-state index contributed by atoms with van der Waals surface area (Å²) < 4.78 is 18.2. The molecular formula is C10H8Fe2K2N2Na2O6. The van der Waals surface area contributed by atoms with Gasteiger partial charge in [-0.3, -0.25) is 0 Å². The van der Waals surface area contributed by atoms with Crippen LogP contribution in [-0.2, 0) is 38.2 Å². The fraction of sp³-hybridized carbons (Fsp3) is 0. The molecule has 0 unspecified atom stereocenters. The van der Waals surface area contributed by atoms with E-state index in [0.717, 1.165) is 0 Å². The summed E-state index contributed by atoms with van der Waals surface area (Å²) in [5, 5.41) is 16.4. The van der Waals surface area contributed by atoms with Crippen LogP contribution in [0.15, 0.2) is 24.3 Å². The number of nitrogens with zero attached hydrogens (tertiary/aromatic N) is 2. The molecule has 0 N–H and O–H groups in total. The minimum atomic E-state index is -1.02. The van der Waals surface area contributed by atoms with E-state index in [1.54, 1.807) is 9.94 Å². The number of ether oxygens (including phenoxy) is 2. The van der Waals surface area contributed by atoms with Crippen molar-refractivity contribution < 1.29 is 57.3 Å². The zero-order valence-corrected chi connectivity index (χ0v) is 11.6. The Morgan fingerprint density at radius 3 is 1.33 bits per heavy atom. The Bertz CT molecular complexity index is 531. The summed E-state index contributed by atoms with van der Waals surface area (Å²) in [6.45, 7) is 0. The number of carbonyl (C=O) groups excluding carboxylic acids is 2. The van der Waals surface area contributed by atoms with Gasteiger partial charge in [0.05, 0.1) is 0 Å². The Morgan fingerprint density at radius 2 is 1.08 bits per heavy atom. The van der Waals surface area contributed by atoms with Gasteiger partial charge in [0.25, 0.3) is 0 Å². The van der Waals surface area contributed by atoms with E-state index in [9.17, 15) is 9.59 Å². The Balaban J connectivity index is -0.000000500. The maximum atomic E-state index is 11.0. The molecule has 1 aromatic carbocycles. The van der Waals surface area contributed by atoms with Gasteiger partial charge >= 0.3 is 288 Å². The second-order valence-electron chi connectivity index (χ2n) is 2.62. The Morgan fingerprint density at radius 1 is 0.792 bits per heavy atom. The summed E-state index contributed by atoms with van der Waals surface area (Å²) >= 11 is -0.824. The Hall–Kier alpha value is 3.05. The topological polar surface area (TPSA) is 119 Å². The summed E-state index contributed by atoms with van der Waals surface area (Å²) in [6.07, 6.45) is -2.04. The van der Waals surface area contributed by atoms with Gasteiger partial charge < -0.3 is 0 Å². The molecule has 14 heteroatoms. The van der Waals surface area contributed by atoms with Crippen molar-refractivity contribution in [3.05, 3.63) is 24.3 Å². The minimum absolute atomic E-state index is 0. The average molecular weight is 488 g/mol. The van der Waals surface area contributed by atoms with Gasteiger partial charge in [0.15, 0.2) is 0 Å². The quantitative estimate of drug-likeness (QED) is 0.304. The molecule has 0 aliphatic carbocycles. The van der Waals surface area contributed by atoms with Crippen molar-refractivity contribution in [2.75, 3.05) is 0 Å². The van der Waals surface area contributed by atoms with Crippen LogP contribution in [0.3, 0.4) is 0 Å². The van der Waals surface area contributed by atoms with Crippen molar-refractivity contribution in [2.24, 2.45) is 0 Å². The predicted molar refractivity (Wildman–Crippen MR) is 80.5 cm³/mol. The van der Waals surface area contributed by atoms with Crippen molar-refractivity contribution in [3.8, 4) is 21.4 Å². The second-order valence-corrected chi connectivity index (χ2v) is 4.02. The molecule has 1 aromatic rings. The standard InChI is InChI=1S/C8H6O6.2CN.2Fe.2K.2Na.4H/c9-7(10)13-5-1-2-6(4-3-5)14-8(11)12;2*1-2;;;;;;;;;;/h1-4H,(H,9,10)(H,11,12);;;;;;;;;;;;/q;;;2*+1;;;;;;;;/p-2. The average Bonchev–Trinajstić information content (AvgIpc) is 2.45. The molecule has 0 bridgehead atoms. The molecule has 0 atom stereocenters. The molecule has 8 nitrogen and oxygen atoms in total. The van der Waals surface area contributed by atoms with Crippen LogP contribution in [0.4, 0.5) is 9.59 Å². The number of nitriles is 2. The fourth-order valence-electron chi connectivity index (χ4n) is 0.889. The normalized spacial score (nSPS) is 7.58. The van der Waals surface area contributed by atoms with Crippen molar-refractivity contribution in [1.29, 1.82) is 10.5 Å². The first-order chi connectivity index (χ1) is 9.65. The van der Waals surface area contributed by atoms with Gasteiger partial charge in [-0.2, -0.15) is 0 Å². The summed E-state index contributed by atoms with van der Waals surface area (Å²) in [6, 6.07) is 5.39. The van der Waals surface area contributed by atoms with E-state index in [1.165, 1.54) is 24.3 Å². The molecule has 0 spiro atoms. The van der Waals surface area contributed by atoms with E-state index in [4.69, 9.17) is 20.0 Å². The van der Waals surface area contributed by atoms with Crippen molar-refractivity contribution in [1.82, 2.24) is 0 Å². The summed E-state index contributed by atoms with van der Waals surface area (Å²) in [5.74, 6) is 0.288. The summed E-state index contributed by atoms with van der Waals surface area (Å²) in [7, 11) is 0. The van der Waals surface area contributed by atoms with E-state index in [0.29, 0.717) is 0 Å². The van der Waals surface area contributed by atoms with Crippen molar-refractivity contribution in [3.63, 3.8) is 0 Å². The van der Waals surface area contributed by atoms with Crippen LogP contribution in [0, 0.1) is 20.5 Å². The third-order valence-electron chi connectivity index (χ3n) is 1.48. The molecule has 0 saturated carbocycles. The SMILES string of the molecule is N#[C][Fe][O]C(=O)Oc1ccc(OC(=O)[O][Fe][C]#N)cc1.[KH].[KH].[NaH].[NaH]. The van der Waals surface area contributed by atoms with Crippen molar-refractivity contribution >= 4 is 174 Å². The molecular weight excluding hydrogens is 480 g/mol. The van der Waals surface area contributed by atoms with Crippen LogP contribution in [0.2, 0.25) is 0 Å². The maximum absolute atomic E-state index is 11.0. The third-order valence-corrected chi connectivity index (χ3v) is 2.28. The van der Waals surface area contributed by atoms with Crippen LogP contribution in [-0.4, -0.2) is 174 Å². The molecule has 0 radical (unpaired) electrons. The molecule has 114 valence electrons. The van der Waals surface area contributed by atoms with E-state index >= 15 is 0 Å². The number of rotatable bonds is 4. The predicted octanol–water partition coefficient (Wildman–Crippen LogP) is -0.919. The van der Waals surface area contributed by atoms with Gasteiger partial charge in [-0.25, -0.2) is 0 Å². The zero-order valence-electron chi connectivity index (χ0n) is 9.36. The fourth-order valence-corrected chi connectivity index (χ4v) is 1.27. The van der Waals surface area contributed by atoms with E-state index in [2.05, 4.69) is 7.64 Å². The van der Waals surface area contributed by atoms with Crippen LogP contribution < -0.4 is 9.47 Å². The molecule has 0 aliphatic rings. The zero-order chi connectivity index (χ0) is 14.8. The molecule has 0 saturated heterocycles. The van der Waals surface area contributed by atoms with Crippen LogP contribution >= 0.6 is 0 Å². The molecule has 0 heterocycles. The van der Waals surface area contributed by atoms with Gasteiger partial charge in [0.2, 0.25) is 0 Å². The number of carbonyl (C=O) groups is 2. The van der Waals surface area contributed by atoms with Gasteiger partial charge in [-0.1, -0.05) is 0 Å². The van der Waals surface area contributed by atoms with E-state index < -0.39 is 42.9 Å². The summed E-state index contributed by atoms with van der Waals surface area (Å²) in [4.78, 5) is 25.3. The molecule has 1 rings (SSSR count). The number of hydrogen-bond acceptors (Lipinski definition) is 8. The number of benzene rings is 1. The molecule has 24 heavy (non-hydrogen) atoms. The number of hydrogen-bond donors (Lipinski definition) is 0. The van der Waals surface area contributed by atoms with Crippen molar-refractivity contribution in [2.45, 2.75) is 0 Å². The van der Waals surface area contributed by atoms with Gasteiger partial charge in [-0.15, -0.1) is 0 Å². The first-order valence-electron chi connectivity index (χ1n) is 4.54.